The van der Waals surface area contributed by atoms with Crippen LogP contribution < -0.4 is 14.2 Å². The summed E-state index contributed by atoms with van der Waals surface area (Å²) in [6.45, 7) is 5.42. The quantitative estimate of drug-likeness (QED) is 0.650. The Morgan fingerprint density at radius 1 is 1.04 bits per heavy atom. The van der Waals surface area contributed by atoms with Crippen LogP contribution in [0.5, 0.6) is 17.2 Å². The lowest BCUT2D eigenvalue weighted by atomic mass is 9.99. The predicted octanol–water partition coefficient (Wildman–Crippen LogP) is 3.32. The third kappa shape index (κ3) is 4.75. The fraction of sp³-hybridized carbons (Fsp3) is 0.409. The highest BCUT2D eigenvalue weighted by Crippen LogP contribution is 2.33. The zero-order valence-corrected chi connectivity index (χ0v) is 16.7. The molecule has 2 aromatic carbocycles. The summed E-state index contributed by atoms with van der Waals surface area (Å²) in [5.41, 5.74) is 3.11. The van der Waals surface area contributed by atoms with Gasteiger partial charge in [-0.3, -0.25) is 4.90 Å². The molecular formula is C22H27NO5. The van der Waals surface area contributed by atoms with Crippen molar-refractivity contribution in [2.24, 2.45) is 0 Å². The van der Waals surface area contributed by atoms with Gasteiger partial charge in [-0.25, -0.2) is 4.79 Å². The summed E-state index contributed by atoms with van der Waals surface area (Å²) >= 11 is 0. The van der Waals surface area contributed by atoms with E-state index in [2.05, 4.69) is 17.0 Å². The largest absolute Gasteiger partial charge is 0.493 e. The van der Waals surface area contributed by atoms with Gasteiger partial charge in [0.25, 0.3) is 0 Å². The maximum Gasteiger partial charge on any atom is 0.338 e. The minimum absolute atomic E-state index is 0.312. The van der Waals surface area contributed by atoms with E-state index < -0.39 is 0 Å². The number of fused-ring (bicyclic) bond motifs is 1. The van der Waals surface area contributed by atoms with Crippen LogP contribution in [-0.2, 0) is 17.7 Å². The normalized spacial score (nSPS) is 13.5. The van der Waals surface area contributed by atoms with Gasteiger partial charge in [-0.2, -0.15) is 0 Å². The first-order valence-electron chi connectivity index (χ1n) is 9.50. The third-order valence-corrected chi connectivity index (χ3v) is 4.84. The number of methoxy groups -OCH3 is 2. The molecule has 1 heterocycles. The number of ether oxygens (including phenoxy) is 4. The molecular weight excluding hydrogens is 358 g/mol. The van der Waals surface area contributed by atoms with Crippen molar-refractivity contribution >= 4 is 5.97 Å². The second-order valence-corrected chi connectivity index (χ2v) is 6.60. The molecule has 6 nitrogen and oxygen atoms in total. The first kappa shape index (κ1) is 20.0. The van der Waals surface area contributed by atoms with Crippen molar-refractivity contribution < 1.29 is 23.7 Å². The van der Waals surface area contributed by atoms with Crippen molar-refractivity contribution in [3.05, 3.63) is 53.1 Å². The average molecular weight is 385 g/mol. The minimum atomic E-state index is -0.312. The Balaban J connectivity index is 1.52. The minimum Gasteiger partial charge on any atom is -0.493 e. The van der Waals surface area contributed by atoms with Gasteiger partial charge in [0.05, 0.1) is 26.4 Å². The van der Waals surface area contributed by atoms with Crippen molar-refractivity contribution in [3.63, 3.8) is 0 Å². The molecule has 0 fully saturated rings. The van der Waals surface area contributed by atoms with Crippen molar-refractivity contribution in [1.82, 2.24) is 4.90 Å². The van der Waals surface area contributed by atoms with E-state index in [0.717, 1.165) is 43.3 Å². The first-order chi connectivity index (χ1) is 13.6. The number of nitrogens with zero attached hydrogens (tertiary/aromatic N) is 1. The molecule has 1 aliphatic heterocycles. The van der Waals surface area contributed by atoms with Crippen LogP contribution >= 0.6 is 0 Å². The maximum atomic E-state index is 11.7. The van der Waals surface area contributed by atoms with Gasteiger partial charge in [0, 0.05) is 19.6 Å². The van der Waals surface area contributed by atoms with E-state index >= 15 is 0 Å². The van der Waals surface area contributed by atoms with Crippen molar-refractivity contribution in [1.29, 1.82) is 0 Å². The highest BCUT2D eigenvalue weighted by Gasteiger charge is 2.19. The smallest absolute Gasteiger partial charge is 0.338 e. The summed E-state index contributed by atoms with van der Waals surface area (Å²) in [7, 11) is 3.32. The molecule has 150 valence electrons. The summed E-state index contributed by atoms with van der Waals surface area (Å²) < 4.78 is 21.6. The molecule has 0 N–H and O–H groups in total. The zero-order chi connectivity index (χ0) is 19.9. The molecule has 1 aliphatic rings. The molecule has 0 saturated carbocycles. The Kier molecular flexibility index (Phi) is 6.76. The SMILES string of the molecule is CCOC(=O)c1ccc(OCCN2CCc3cc(OC)c(OC)cc3C2)cc1. The number of hydrogen-bond donors (Lipinski definition) is 0. The summed E-state index contributed by atoms with van der Waals surface area (Å²) in [4.78, 5) is 14.0. The average Bonchev–Trinajstić information content (AvgIpc) is 2.73. The number of benzene rings is 2. The molecule has 3 rings (SSSR count). The van der Waals surface area contributed by atoms with Gasteiger partial charge in [0.1, 0.15) is 12.4 Å². The maximum absolute atomic E-state index is 11.7. The Morgan fingerprint density at radius 2 is 1.71 bits per heavy atom. The van der Waals surface area contributed by atoms with Crippen LogP contribution in [0.2, 0.25) is 0 Å². The molecule has 0 aromatic heterocycles. The van der Waals surface area contributed by atoms with Crippen LogP contribution in [0.25, 0.3) is 0 Å². The monoisotopic (exact) mass is 385 g/mol. The predicted molar refractivity (Wildman–Crippen MR) is 106 cm³/mol. The molecule has 6 heteroatoms. The van der Waals surface area contributed by atoms with E-state index in [-0.39, 0.29) is 5.97 Å². The molecule has 0 saturated heterocycles. The lowest BCUT2D eigenvalue weighted by Gasteiger charge is -2.29. The van der Waals surface area contributed by atoms with Crippen molar-refractivity contribution in [2.45, 2.75) is 19.9 Å². The molecule has 0 radical (unpaired) electrons. The van der Waals surface area contributed by atoms with Crippen molar-refractivity contribution in [3.8, 4) is 17.2 Å². The summed E-state index contributed by atoms with van der Waals surface area (Å²) in [5, 5.41) is 0. The van der Waals surface area contributed by atoms with Gasteiger partial charge in [-0.15, -0.1) is 0 Å². The Labute approximate surface area is 166 Å². The Hall–Kier alpha value is -2.73. The van der Waals surface area contributed by atoms with Crippen molar-refractivity contribution in [2.75, 3.05) is 40.5 Å². The number of carbonyl (C=O) groups excluding carboxylic acids is 1. The van der Waals surface area contributed by atoms with Gasteiger partial charge >= 0.3 is 5.97 Å². The fourth-order valence-corrected chi connectivity index (χ4v) is 3.33. The van der Waals surface area contributed by atoms with E-state index in [0.29, 0.717) is 18.8 Å². The van der Waals surface area contributed by atoms with E-state index in [4.69, 9.17) is 18.9 Å². The van der Waals surface area contributed by atoms with Crippen LogP contribution in [0.15, 0.2) is 36.4 Å². The molecule has 0 atom stereocenters. The number of esters is 1. The number of carbonyl (C=O) groups is 1. The Morgan fingerprint density at radius 3 is 2.36 bits per heavy atom. The molecule has 28 heavy (non-hydrogen) atoms. The van der Waals surface area contributed by atoms with Crippen LogP contribution in [0.3, 0.4) is 0 Å². The Bertz CT molecular complexity index is 803. The van der Waals surface area contributed by atoms with E-state index in [9.17, 15) is 4.79 Å². The van der Waals surface area contributed by atoms with Gasteiger partial charge in [0.15, 0.2) is 11.5 Å². The summed E-state index contributed by atoms with van der Waals surface area (Å²) in [5.74, 6) is 1.98. The van der Waals surface area contributed by atoms with Gasteiger partial charge in [-0.05, 0) is 60.9 Å². The lowest BCUT2D eigenvalue weighted by Crippen LogP contribution is -2.33. The van der Waals surface area contributed by atoms with Gasteiger partial charge in [-0.1, -0.05) is 0 Å². The van der Waals surface area contributed by atoms with E-state index in [1.54, 1.807) is 45.4 Å². The highest BCUT2D eigenvalue weighted by molar-refractivity contribution is 5.89. The van der Waals surface area contributed by atoms with Gasteiger partial charge in [0.2, 0.25) is 0 Å². The molecule has 0 unspecified atom stereocenters. The second kappa shape index (κ2) is 9.46. The summed E-state index contributed by atoms with van der Waals surface area (Å²) in [6, 6.07) is 11.2. The molecule has 0 spiro atoms. The lowest BCUT2D eigenvalue weighted by molar-refractivity contribution is 0.0526. The highest BCUT2D eigenvalue weighted by atomic mass is 16.5. The van der Waals surface area contributed by atoms with Crippen LogP contribution in [0.4, 0.5) is 0 Å². The number of rotatable bonds is 8. The first-order valence-corrected chi connectivity index (χ1v) is 9.50. The third-order valence-electron chi connectivity index (χ3n) is 4.84. The van der Waals surface area contributed by atoms with E-state index in [1.165, 1.54) is 11.1 Å². The zero-order valence-electron chi connectivity index (χ0n) is 16.7. The fourth-order valence-electron chi connectivity index (χ4n) is 3.33. The van der Waals surface area contributed by atoms with E-state index in [1.807, 2.05) is 0 Å². The van der Waals surface area contributed by atoms with Crippen LogP contribution in [0.1, 0.15) is 28.4 Å². The topological polar surface area (TPSA) is 57.2 Å². The summed E-state index contributed by atoms with van der Waals surface area (Å²) in [6.07, 6.45) is 0.976. The molecule has 0 amide bonds. The number of hydrogen-bond acceptors (Lipinski definition) is 6. The van der Waals surface area contributed by atoms with Gasteiger partial charge < -0.3 is 18.9 Å². The molecule has 2 aromatic rings. The van der Waals surface area contributed by atoms with Crippen LogP contribution in [-0.4, -0.2) is 51.4 Å². The molecule has 0 aliphatic carbocycles. The standard InChI is InChI=1S/C22H27NO5/c1-4-27-22(24)16-5-7-19(8-6-16)28-12-11-23-10-9-17-13-20(25-2)21(26-3)14-18(17)15-23/h5-8,13-14H,4,9-12,15H2,1-3H3. The second-order valence-electron chi connectivity index (χ2n) is 6.60. The molecule has 0 bridgehead atoms. The van der Waals surface area contributed by atoms with Crippen LogP contribution in [0, 0.1) is 0 Å².